The van der Waals surface area contributed by atoms with Crippen LogP contribution in [-0.4, -0.2) is 24.1 Å². The number of thiol groups is 1. The summed E-state index contributed by atoms with van der Waals surface area (Å²) < 4.78 is 0. The van der Waals surface area contributed by atoms with Gasteiger partial charge in [0.05, 0.1) is 0 Å². The minimum absolute atomic E-state index is 0.128. The lowest BCUT2D eigenvalue weighted by molar-refractivity contribution is -0.128. The van der Waals surface area contributed by atoms with Crippen molar-refractivity contribution in [2.24, 2.45) is 0 Å². The Balaban J connectivity index is 3.44. The predicted octanol–water partition coefficient (Wildman–Crippen LogP) is -0.671. The number of amides is 2. The highest BCUT2D eigenvalue weighted by Crippen LogP contribution is 1.82. The van der Waals surface area contributed by atoms with Crippen molar-refractivity contribution >= 4 is 33.8 Å². The molecule has 1 unspecified atom stereocenters. The molecule has 0 aliphatic rings. The molecule has 0 aliphatic heterocycles. The van der Waals surface area contributed by atoms with Gasteiger partial charge in [0.2, 0.25) is 11.8 Å². The van der Waals surface area contributed by atoms with E-state index in [-0.39, 0.29) is 18.2 Å². The summed E-state index contributed by atoms with van der Waals surface area (Å²) in [7, 11) is 2.04. The van der Waals surface area contributed by atoms with Crippen LogP contribution in [0.25, 0.3) is 0 Å². The fraction of sp³-hybridized carbons (Fsp3) is 0.600. The minimum Gasteiger partial charge on any atom is -0.355 e. The molecule has 2 amide bonds. The molecule has 0 aromatic heterocycles. The Labute approximate surface area is 73.2 Å². The van der Waals surface area contributed by atoms with Gasteiger partial charge in [0.25, 0.3) is 0 Å². The van der Waals surface area contributed by atoms with Crippen LogP contribution in [0.3, 0.4) is 0 Å². The lowest BCUT2D eigenvalue weighted by Crippen LogP contribution is -2.29. The van der Waals surface area contributed by atoms with Crippen LogP contribution in [0.15, 0.2) is 0 Å². The molecule has 0 aromatic rings. The molecule has 0 fully saturated rings. The summed E-state index contributed by atoms with van der Waals surface area (Å²) in [6.45, 7) is 0.492. The second-order valence-electron chi connectivity index (χ2n) is 1.82. The first kappa shape index (κ1) is 10.7. The maximum atomic E-state index is 10.8. The Morgan fingerprint density at radius 1 is 1.36 bits per heavy atom. The lowest BCUT2D eigenvalue weighted by atomic mass is 10.4. The maximum Gasteiger partial charge on any atom is 0.232 e. The van der Waals surface area contributed by atoms with Crippen molar-refractivity contribution in [1.82, 2.24) is 10.4 Å². The van der Waals surface area contributed by atoms with E-state index in [1.54, 1.807) is 0 Å². The molecule has 0 rings (SSSR count). The van der Waals surface area contributed by atoms with Gasteiger partial charge in [-0.15, -0.1) is 0 Å². The molecule has 0 aromatic carbocycles. The van der Waals surface area contributed by atoms with Gasteiger partial charge in [0.1, 0.15) is 6.42 Å². The smallest absolute Gasteiger partial charge is 0.232 e. The Morgan fingerprint density at radius 2 is 2.00 bits per heavy atom. The molecular formula is C5H11N2O2PS. The summed E-state index contributed by atoms with van der Waals surface area (Å²) in [6.07, 6.45) is -0.128. The van der Waals surface area contributed by atoms with Crippen molar-refractivity contribution in [2.75, 3.05) is 12.3 Å². The van der Waals surface area contributed by atoms with E-state index in [2.05, 4.69) is 23.0 Å². The molecule has 0 bridgehead atoms. The maximum absolute atomic E-state index is 10.8. The number of hydrogen-bond acceptors (Lipinski definition) is 3. The largest absolute Gasteiger partial charge is 0.355 e. The summed E-state index contributed by atoms with van der Waals surface area (Å²) >= 11 is 3.89. The second-order valence-corrected chi connectivity index (χ2v) is 2.55. The van der Waals surface area contributed by atoms with E-state index in [1.165, 1.54) is 0 Å². The molecule has 0 radical (unpaired) electrons. The lowest BCUT2D eigenvalue weighted by Gasteiger charge is -2.00. The van der Waals surface area contributed by atoms with Crippen LogP contribution in [0.1, 0.15) is 6.42 Å². The van der Waals surface area contributed by atoms with Crippen LogP contribution in [-0.2, 0) is 9.59 Å². The molecule has 4 nitrogen and oxygen atoms in total. The van der Waals surface area contributed by atoms with Crippen molar-refractivity contribution < 1.29 is 9.59 Å². The molecule has 6 heteroatoms. The van der Waals surface area contributed by atoms with Gasteiger partial charge < -0.3 is 10.4 Å². The molecule has 64 valence electrons. The third-order valence-corrected chi connectivity index (χ3v) is 1.46. The number of nitrogens with one attached hydrogen (secondary N) is 2. The predicted molar refractivity (Wildman–Crippen MR) is 49.3 cm³/mol. The first-order valence-electron chi connectivity index (χ1n) is 3.07. The number of carbonyl (C=O) groups is 2. The van der Waals surface area contributed by atoms with Gasteiger partial charge in [0.15, 0.2) is 0 Å². The van der Waals surface area contributed by atoms with Crippen molar-refractivity contribution in [3.05, 3.63) is 0 Å². The summed E-state index contributed by atoms with van der Waals surface area (Å²) in [4.78, 5) is 21.3. The van der Waals surface area contributed by atoms with Gasteiger partial charge in [-0.2, -0.15) is 12.6 Å². The van der Waals surface area contributed by atoms with Crippen molar-refractivity contribution in [1.29, 1.82) is 0 Å². The van der Waals surface area contributed by atoms with E-state index in [9.17, 15) is 9.59 Å². The van der Waals surface area contributed by atoms with Gasteiger partial charge in [0, 0.05) is 12.3 Å². The van der Waals surface area contributed by atoms with Gasteiger partial charge in [-0.3, -0.25) is 9.59 Å². The van der Waals surface area contributed by atoms with E-state index >= 15 is 0 Å². The highest BCUT2D eigenvalue weighted by atomic mass is 32.1. The highest BCUT2D eigenvalue weighted by molar-refractivity contribution is 7.80. The first-order chi connectivity index (χ1) is 5.20. The molecule has 0 saturated heterocycles. The quantitative estimate of drug-likeness (QED) is 0.316. The zero-order chi connectivity index (χ0) is 8.69. The minimum atomic E-state index is -0.313. The number of hydrogen-bond donors (Lipinski definition) is 3. The van der Waals surface area contributed by atoms with E-state index in [0.29, 0.717) is 12.3 Å². The van der Waals surface area contributed by atoms with Crippen LogP contribution in [0, 0.1) is 0 Å². The molecule has 11 heavy (non-hydrogen) atoms. The Bertz CT molecular complexity index is 153. The summed E-state index contributed by atoms with van der Waals surface area (Å²) in [6, 6.07) is 0. The van der Waals surface area contributed by atoms with Crippen LogP contribution in [0.5, 0.6) is 0 Å². The molecule has 1 atom stereocenters. The molecule has 0 saturated carbocycles. The number of carbonyl (C=O) groups excluding carboxylic acids is 2. The Hall–Kier alpha value is -0.280. The molecule has 0 heterocycles. The Morgan fingerprint density at radius 3 is 2.45 bits per heavy atom. The van der Waals surface area contributed by atoms with Crippen molar-refractivity contribution in [2.45, 2.75) is 6.42 Å². The average molecular weight is 194 g/mol. The zero-order valence-corrected chi connectivity index (χ0v) is 8.01. The van der Waals surface area contributed by atoms with Crippen LogP contribution < -0.4 is 10.4 Å². The third kappa shape index (κ3) is 6.13. The normalized spacial score (nSPS) is 8.91. The second kappa shape index (κ2) is 6.43. The summed E-state index contributed by atoms with van der Waals surface area (Å²) in [5.74, 6) is -0.0144. The molecule has 2 N–H and O–H groups in total. The fourth-order valence-electron chi connectivity index (χ4n) is 0.455. The van der Waals surface area contributed by atoms with Crippen molar-refractivity contribution in [3.8, 4) is 0 Å². The van der Waals surface area contributed by atoms with Gasteiger partial charge >= 0.3 is 0 Å². The SMILES string of the molecule is O=C(CC(=O)NCCS)NP. The third-order valence-electron chi connectivity index (χ3n) is 0.916. The molecular weight excluding hydrogens is 183 g/mol. The van der Waals surface area contributed by atoms with Crippen LogP contribution in [0.4, 0.5) is 0 Å². The fourth-order valence-corrected chi connectivity index (χ4v) is 0.669. The van der Waals surface area contributed by atoms with E-state index in [1.807, 2.05) is 9.39 Å². The van der Waals surface area contributed by atoms with Gasteiger partial charge in [-0.1, -0.05) is 0 Å². The zero-order valence-electron chi connectivity index (χ0n) is 5.96. The Kier molecular flexibility index (Phi) is 6.27. The average Bonchev–Trinajstić information content (AvgIpc) is 2.00. The van der Waals surface area contributed by atoms with Crippen molar-refractivity contribution in [3.63, 3.8) is 0 Å². The van der Waals surface area contributed by atoms with E-state index < -0.39 is 0 Å². The summed E-state index contributed by atoms with van der Waals surface area (Å²) in [5, 5.41) is 4.78. The van der Waals surface area contributed by atoms with Gasteiger partial charge in [-0.05, 0) is 9.39 Å². The van der Waals surface area contributed by atoms with E-state index in [0.717, 1.165) is 0 Å². The van der Waals surface area contributed by atoms with Gasteiger partial charge in [-0.25, -0.2) is 0 Å². The topological polar surface area (TPSA) is 58.2 Å². The first-order valence-corrected chi connectivity index (χ1v) is 4.28. The van der Waals surface area contributed by atoms with Crippen LogP contribution >= 0.6 is 22.0 Å². The molecule has 0 spiro atoms. The standard InChI is InChI=1S/C5H11N2O2PS/c8-4(6-1-2-11)3-5(9)7-10/h11H,1-3,10H2,(H,6,8)(H,7,9). The van der Waals surface area contributed by atoms with Crippen LogP contribution in [0.2, 0.25) is 0 Å². The monoisotopic (exact) mass is 194 g/mol. The molecule has 0 aliphatic carbocycles. The number of rotatable bonds is 4. The highest BCUT2D eigenvalue weighted by Gasteiger charge is 2.05. The van der Waals surface area contributed by atoms with E-state index in [4.69, 9.17) is 0 Å². The summed E-state index contributed by atoms with van der Waals surface area (Å²) in [5.41, 5.74) is 0.